The molecule has 1 aliphatic rings. The zero-order valence-electron chi connectivity index (χ0n) is 12.7. The Kier molecular flexibility index (Phi) is 4.05. The van der Waals surface area contributed by atoms with Crippen molar-refractivity contribution < 1.29 is 4.84 Å². The number of allylic oxidation sites excluding steroid dienone is 2. The van der Waals surface area contributed by atoms with Crippen LogP contribution in [0.25, 0.3) is 10.8 Å². The molecule has 0 N–H and O–H groups in total. The maximum absolute atomic E-state index is 5.04. The van der Waals surface area contributed by atoms with E-state index in [-0.39, 0.29) is 0 Å². The average molecular weight is 279 g/mol. The Balaban J connectivity index is 2.02. The second-order valence-corrected chi connectivity index (χ2v) is 5.65. The fraction of sp³-hybridized carbons (Fsp3) is 0.316. The van der Waals surface area contributed by atoms with E-state index in [4.69, 9.17) is 4.84 Å². The number of rotatable bonds is 3. The lowest BCUT2D eigenvalue weighted by Gasteiger charge is -2.20. The maximum atomic E-state index is 5.04. The molecule has 1 aliphatic carbocycles. The largest absolute Gasteiger partial charge is 0.399 e. The number of hydrogen-bond donors (Lipinski definition) is 0. The van der Waals surface area contributed by atoms with Gasteiger partial charge < -0.3 is 4.84 Å². The van der Waals surface area contributed by atoms with Crippen molar-refractivity contribution in [3.63, 3.8) is 0 Å². The van der Waals surface area contributed by atoms with Gasteiger partial charge in [-0.15, -0.1) is 0 Å². The number of benzene rings is 2. The molecule has 0 heterocycles. The Morgan fingerprint density at radius 3 is 2.71 bits per heavy atom. The Labute approximate surface area is 126 Å². The quantitative estimate of drug-likeness (QED) is 0.733. The third kappa shape index (κ3) is 2.85. The van der Waals surface area contributed by atoms with E-state index in [0.717, 1.165) is 18.6 Å². The van der Waals surface area contributed by atoms with Crippen molar-refractivity contribution in [2.75, 3.05) is 7.11 Å². The summed E-state index contributed by atoms with van der Waals surface area (Å²) in [5.74, 6) is 0. The van der Waals surface area contributed by atoms with Crippen molar-refractivity contribution in [3.8, 4) is 0 Å². The van der Waals surface area contributed by atoms with E-state index in [1.54, 1.807) is 7.11 Å². The van der Waals surface area contributed by atoms with Gasteiger partial charge in [-0.3, -0.25) is 0 Å². The van der Waals surface area contributed by atoms with E-state index in [0.29, 0.717) is 0 Å². The standard InChI is InChI=1S/C19H21NO/c1-14-7-5-12-19(20-21-2)18(14)13-16-10-6-9-15-8-3-4-11-17(15)16/h3-4,6,8-11H,5,7,12-13H2,1-2H3. The third-order valence-electron chi connectivity index (χ3n) is 4.28. The van der Waals surface area contributed by atoms with Gasteiger partial charge in [0.15, 0.2) is 0 Å². The highest BCUT2D eigenvalue weighted by Gasteiger charge is 2.18. The number of oxime groups is 1. The molecule has 0 fully saturated rings. The van der Waals surface area contributed by atoms with Gasteiger partial charge in [0, 0.05) is 0 Å². The van der Waals surface area contributed by atoms with Gasteiger partial charge in [-0.05, 0) is 54.5 Å². The van der Waals surface area contributed by atoms with Crippen LogP contribution < -0.4 is 0 Å². The van der Waals surface area contributed by atoms with Crippen LogP contribution in [0, 0.1) is 0 Å². The lowest BCUT2D eigenvalue weighted by molar-refractivity contribution is 0.212. The van der Waals surface area contributed by atoms with Gasteiger partial charge in [0.2, 0.25) is 0 Å². The summed E-state index contributed by atoms with van der Waals surface area (Å²) in [6, 6.07) is 15.1. The second kappa shape index (κ2) is 6.13. The van der Waals surface area contributed by atoms with Gasteiger partial charge in [-0.2, -0.15) is 0 Å². The molecule has 0 saturated carbocycles. The SMILES string of the molecule is CON=C1CCCC(C)=C1Cc1cccc2ccccc12. The van der Waals surface area contributed by atoms with Gasteiger partial charge in [0.1, 0.15) is 7.11 Å². The molecule has 0 amide bonds. The molecule has 0 radical (unpaired) electrons. The van der Waals surface area contributed by atoms with Crippen molar-refractivity contribution in [2.45, 2.75) is 32.6 Å². The Morgan fingerprint density at radius 2 is 1.86 bits per heavy atom. The predicted molar refractivity (Wildman–Crippen MR) is 88.6 cm³/mol. The minimum Gasteiger partial charge on any atom is -0.399 e. The van der Waals surface area contributed by atoms with E-state index in [1.807, 2.05) is 0 Å². The Bertz CT molecular complexity index is 707. The van der Waals surface area contributed by atoms with Gasteiger partial charge in [0.25, 0.3) is 0 Å². The van der Waals surface area contributed by atoms with Crippen LogP contribution in [0.15, 0.2) is 58.8 Å². The zero-order valence-corrected chi connectivity index (χ0v) is 12.7. The lowest BCUT2D eigenvalue weighted by Crippen LogP contribution is -2.13. The van der Waals surface area contributed by atoms with Gasteiger partial charge in [-0.1, -0.05) is 53.2 Å². The molecule has 2 heteroatoms. The summed E-state index contributed by atoms with van der Waals surface area (Å²) in [6.45, 7) is 2.23. The first-order valence-electron chi connectivity index (χ1n) is 7.55. The van der Waals surface area contributed by atoms with E-state index >= 15 is 0 Å². The van der Waals surface area contributed by atoms with Crippen molar-refractivity contribution in [1.29, 1.82) is 0 Å². The monoisotopic (exact) mass is 279 g/mol. The van der Waals surface area contributed by atoms with E-state index in [9.17, 15) is 0 Å². The fourth-order valence-corrected chi connectivity index (χ4v) is 3.17. The smallest absolute Gasteiger partial charge is 0.106 e. The van der Waals surface area contributed by atoms with E-state index in [1.165, 1.54) is 40.3 Å². The molecular formula is C19H21NO. The first-order chi connectivity index (χ1) is 10.3. The van der Waals surface area contributed by atoms with Crippen LogP contribution >= 0.6 is 0 Å². The summed E-state index contributed by atoms with van der Waals surface area (Å²) < 4.78 is 0. The van der Waals surface area contributed by atoms with Gasteiger partial charge >= 0.3 is 0 Å². The molecule has 0 aliphatic heterocycles. The Hall–Kier alpha value is -2.09. The summed E-state index contributed by atoms with van der Waals surface area (Å²) in [5, 5.41) is 6.89. The third-order valence-corrected chi connectivity index (χ3v) is 4.28. The fourth-order valence-electron chi connectivity index (χ4n) is 3.17. The van der Waals surface area contributed by atoms with Crippen molar-refractivity contribution in [1.82, 2.24) is 0 Å². The molecule has 2 nitrogen and oxygen atoms in total. The van der Waals surface area contributed by atoms with Gasteiger partial charge in [-0.25, -0.2) is 0 Å². The lowest BCUT2D eigenvalue weighted by atomic mass is 9.86. The molecule has 0 atom stereocenters. The maximum Gasteiger partial charge on any atom is 0.106 e. The molecule has 0 bridgehead atoms. The molecule has 0 aromatic heterocycles. The topological polar surface area (TPSA) is 21.6 Å². The number of fused-ring (bicyclic) bond motifs is 1. The molecule has 108 valence electrons. The summed E-state index contributed by atoms with van der Waals surface area (Å²) >= 11 is 0. The number of nitrogens with zero attached hydrogens (tertiary/aromatic N) is 1. The van der Waals surface area contributed by atoms with Crippen LogP contribution in [0.1, 0.15) is 31.7 Å². The van der Waals surface area contributed by atoms with Crippen molar-refractivity contribution in [2.24, 2.45) is 5.16 Å². The molecule has 2 aromatic rings. The first-order valence-corrected chi connectivity index (χ1v) is 7.55. The highest BCUT2D eigenvalue weighted by atomic mass is 16.6. The van der Waals surface area contributed by atoms with Crippen molar-refractivity contribution in [3.05, 3.63) is 59.2 Å². The van der Waals surface area contributed by atoms with Gasteiger partial charge in [0.05, 0.1) is 5.71 Å². The van der Waals surface area contributed by atoms with Crippen LogP contribution in [0.3, 0.4) is 0 Å². The van der Waals surface area contributed by atoms with Crippen LogP contribution in [0.5, 0.6) is 0 Å². The second-order valence-electron chi connectivity index (χ2n) is 5.65. The normalized spacial score (nSPS) is 17.5. The highest BCUT2D eigenvalue weighted by molar-refractivity contribution is 6.02. The molecule has 0 unspecified atom stereocenters. The Morgan fingerprint density at radius 1 is 1.05 bits per heavy atom. The van der Waals surface area contributed by atoms with Crippen molar-refractivity contribution >= 4 is 16.5 Å². The molecule has 21 heavy (non-hydrogen) atoms. The van der Waals surface area contributed by atoms with E-state index in [2.05, 4.69) is 54.5 Å². The highest BCUT2D eigenvalue weighted by Crippen LogP contribution is 2.28. The molecular weight excluding hydrogens is 258 g/mol. The molecule has 0 spiro atoms. The first kappa shape index (κ1) is 13.9. The summed E-state index contributed by atoms with van der Waals surface area (Å²) in [5.41, 5.74) is 5.30. The molecule has 2 aromatic carbocycles. The van der Waals surface area contributed by atoms with E-state index < -0.39 is 0 Å². The molecule has 0 saturated heterocycles. The summed E-state index contributed by atoms with van der Waals surface area (Å²) in [6.07, 6.45) is 4.30. The predicted octanol–water partition coefficient (Wildman–Crippen LogP) is 4.89. The van der Waals surface area contributed by atoms with Crippen LogP contribution in [0.4, 0.5) is 0 Å². The summed E-state index contributed by atoms with van der Waals surface area (Å²) in [7, 11) is 1.63. The summed E-state index contributed by atoms with van der Waals surface area (Å²) in [4.78, 5) is 5.04. The minimum absolute atomic E-state index is 0.940. The number of hydrogen-bond acceptors (Lipinski definition) is 2. The average Bonchev–Trinajstić information content (AvgIpc) is 2.51. The van der Waals surface area contributed by atoms with Crippen LogP contribution in [-0.4, -0.2) is 12.8 Å². The molecule has 3 rings (SSSR count). The minimum atomic E-state index is 0.940. The zero-order chi connectivity index (χ0) is 14.7. The van der Waals surface area contributed by atoms with Crippen LogP contribution in [0.2, 0.25) is 0 Å². The van der Waals surface area contributed by atoms with Crippen LogP contribution in [-0.2, 0) is 11.3 Å².